The molecule has 2 aliphatic rings. The van der Waals surface area contributed by atoms with E-state index in [9.17, 15) is 4.79 Å². The summed E-state index contributed by atoms with van der Waals surface area (Å²) in [7, 11) is 0. The molecule has 6 nitrogen and oxygen atoms in total. The van der Waals surface area contributed by atoms with Crippen molar-refractivity contribution in [1.29, 1.82) is 0 Å². The zero-order valence-electron chi connectivity index (χ0n) is 16.8. The fourth-order valence-corrected chi connectivity index (χ4v) is 5.22. The topological polar surface area (TPSA) is 63.1 Å². The Kier molecular flexibility index (Phi) is 6.42. The van der Waals surface area contributed by atoms with Crippen LogP contribution in [0, 0.1) is 12.8 Å². The summed E-state index contributed by atoms with van der Waals surface area (Å²) in [5.41, 5.74) is 1.89. The van der Waals surface area contributed by atoms with Gasteiger partial charge < -0.3 is 9.88 Å². The molecule has 1 amide bonds. The molecule has 0 bridgehead atoms. The van der Waals surface area contributed by atoms with Crippen LogP contribution in [0.4, 0.5) is 0 Å². The molecule has 28 heavy (non-hydrogen) atoms. The van der Waals surface area contributed by atoms with Gasteiger partial charge in [-0.2, -0.15) is 0 Å². The maximum Gasteiger partial charge on any atom is 0.270 e. The van der Waals surface area contributed by atoms with Gasteiger partial charge in [-0.15, -0.1) is 11.3 Å². The van der Waals surface area contributed by atoms with E-state index in [4.69, 9.17) is 0 Å². The first kappa shape index (κ1) is 19.6. The van der Waals surface area contributed by atoms with E-state index in [0.29, 0.717) is 17.7 Å². The van der Waals surface area contributed by atoms with Crippen LogP contribution >= 0.6 is 11.3 Å². The second kappa shape index (κ2) is 9.18. The minimum Gasteiger partial charge on any atom is -0.350 e. The number of thiazole rings is 1. The minimum absolute atomic E-state index is 0.0446. The number of carbonyl (C=O) groups excluding carboxylic acids is 1. The lowest BCUT2D eigenvalue weighted by Crippen LogP contribution is -2.41. The molecule has 152 valence electrons. The van der Waals surface area contributed by atoms with E-state index >= 15 is 0 Å². The van der Waals surface area contributed by atoms with Crippen LogP contribution in [0.25, 0.3) is 0 Å². The van der Waals surface area contributed by atoms with E-state index in [1.54, 1.807) is 0 Å². The Morgan fingerprint density at radius 2 is 2.11 bits per heavy atom. The number of carbonyl (C=O) groups is 1. The van der Waals surface area contributed by atoms with E-state index in [0.717, 1.165) is 31.2 Å². The lowest BCUT2D eigenvalue weighted by atomic mass is 9.95. The Hall–Kier alpha value is -1.73. The lowest BCUT2D eigenvalue weighted by Gasteiger charge is -2.33. The molecule has 1 unspecified atom stereocenters. The molecule has 1 aliphatic carbocycles. The van der Waals surface area contributed by atoms with Gasteiger partial charge in [0.05, 0.1) is 17.0 Å². The summed E-state index contributed by atoms with van der Waals surface area (Å²) in [5, 5.41) is 5.86. The molecular weight excluding hydrogens is 370 g/mol. The zero-order chi connectivity index (χ0) is 19.3. The predicted molar refractivity (Wildman–Crippen MR) is 112 cm³/mol. The summed E-state index contributed by atoms with van der Waals surface area (Å²) < 4.78 is 2.43. The second-order valence-corrected chi connectivity index (χ2v) is 9.35. The first-order valence-corrected chi connectivity index (χ1v) is 11.5. The molecule has 1 saturated carbocycles. The fraction of sp³-hybridized carbons (Fsp3) is 0.667. The van der Waals surface area contributed by atoms with Crippen LogP contribution in [0.2, 0.25) is 0 Å². The van der Waals surface area contributed by atoms with Crippen LogP contribution in [0.5, 0.6) is 0 Å². The molecule has 2 aromatic heterocycles. The summed E-state index contributed by atoms with van der Waals surface area (Å²) >= 11 is 1.52. The zero-order valence-corrected chi connectivity index (χ0v) is 17.6. The second-order valence-electron chi connectivity index (χ2n) is 8.29. The molecule has 3 heterocycles. The highest BCUT2D eigenvalue weighted by molar-refractivity contribution is 7.09. The number of nitrogens with one attached hydrogen (secondary N) is 1. The van der Waals surface area contributed by atoms with E-state index in [-0.39, 0.29) is 5.91 Å². The standard InChI is InChI=1S/C21H31N5OS/c1-16-24-20(14-28-16)21(27)23-10-17-6-5-9-25(12-17)13-19-11-22-15-26(19)18-7-3-2-4-8-18/h11,14-15,17-18H,2-10,12-13H2,1H3,(H,23,27). The summed E-state index contributed by atoms with van der Waals surface area (Å²) in [4.78, 5) is 23.5. The van der Waals surface area contributed by atoms with Crippen molar-refractivity contribution < 1.29 is 4.79 Å². The predicted octanol–water partition coefficient (Wildman–Crippen LogP) is 3.80. The third-order valence-corrected chi connectivity index (χ3v) is 6.88. The molecule has 1 N–H and O–H groups in total. The number of imidazole rings is 1. The number of aryl methyl sites for hydroxylation is 1. The summed E-state index contributed by atoms with van der Waals surface area (Å²) in [5.74, 6) is 0.459. The monoisotopic (exact) mass is 401 g/mol. The van der Waals surface area contributed by atoms with E-state index in [1.807, 2.05) is 24.8 Å². The first-order valence-electron chi connectivity index (χ1n) is 10.6. The van der Waals surface area contributed by atoms with Crippen LogP contribution in [0.3, 0.4) is 0 Å². The maximum absolute atomic E-state index is 12.3. The van der Waals surface area contributed by atoms with Crippen LogP contribution < -0.4 is 5.32 Å². The fourth-order valence-electron chi connectivity index (χ4n) is 4.63. The van der Waals surface area contributed by atoms with Crippen molar-refractivity contribution in [2.24, 2.45) is 5.92 Å². The summed E-state index contributed by atoms with van der Waals surface area (Å²) in [6.45, 7) is 5.79. The van der Waals surface area contributed by atoms with Gasteiger partial charge >= 0.3 is 0 Å². The van der Waals surface area contributed by atoms with Gasteiger partial charge in [0.15, 0.2) is 0 Å². The van der Waals surface area contributed by atoms with Crippen molar-refractivity contribution in [2.45, 2.75) is 64.5 Å². The van der Waals surface area contributed by atoms with Gasteiger partial charge in [0.25, 0.3) is 5.91 Å². The van der Waals surface area contributed by atoms with E-state index < -0.39 is 0 Å². The van der Waals surface area contributed by atoms with Gasteiger partial charge in [0.1, 0.15) is 5.69 Å². The molecule has 2 aromatic rings. The summed E-state index contributed by atoms with van der Waals surface area (Å²) in [6, 6.07) is 0.632. The van der Waals surface area contributed by atoms with Gasteiger partial charge in [0, 0.05) is 37.3 Å². The van der Waals surface area contributed by atoms with Crippen molar-refractivity contribution >= 4 is 17.2 Å². The van der Waals surface area contributed by atoms with Crippen molar-refractivity contribution in [3.8, 4) is 0 Å². The number of piperidine rings is 1. The average Bonchev–Trinajstić information content (AvgIpc) is 3.36. The van der Waals surface area contributed by atoms with Crippen molar-refractivity contribution in [3.05, 3.63) is 34.3 Å². The number of amides is 1. The molecule has 1 saturated heterocycles. The van der Waals surface area contributed by atoms with Crippen molar-refractivity contribution in [3.63, 3.8) is 0 Å². The largest absolute Gasteiger partial charge is 0.350 e. The number of rotatable bonds is 6. The van der Waals surface area contributed by atoms with Crippen molar-refractivity contribution in [2.75, 3.05) is 19.6 Å². The Morgan fingerprint density at radius 1 is 1.25 bits per heavy atom. The molecule has 7 heteroatoms. The number of likely N-dealkylation sites (tertiary alicyclic amines) is 1. The normalized spacial score (nSPS) is 21.7. The Balaban J connectivity index is 1.29. The first-order chi connectivity index (χ1) is 13.7. The Labute approximate surface area is 171 Å². The number of hydrogen-bond acceptors (Lipinski definition) is 5. The Morgan fingerprint density at radius 3 is 2.89 bits per heavy atom. The number of aromatic nitrogens is 3. The molecule has 1 atom stereocenters. The SMILES string of the molecule is Cc1nc(C(=O)NCC2CCCN(Cc3cncn3C3CCCCC3)C2)cs1. The molecule has 1 aliphatic heterocycles. The highest BCUT2D eigenvalue weighted by atomic mass is 32.1. The summed E-state index contributed by atoms with van der Waals surface area (Å²) in [6.07, 6.45) is 13.1. The molecular formula is C21H31N5OS. The third kappa shape index (κ3) is 4.81. The number of hydrogen-bond donors (Lipinski definition) is 1. The minimum atomic E-state index is -0.0446. The quantitative estimate of drug-likeness (QED) is 0.800. The van der Waals surface area contributed by atoms with Gasteiger partial charge in [-0.3, -0.25) is 9.69 Å². The van der Waals surface area contributed by atoms with Crippen LogP contribution in [-0.4, -0.2) is 45.0 Å². The van der Waals surface area contributed by atoms with Gasteiger partial charge in [-0.25, -0.2) is 9.97 Å². The smallest absolute Gasteiger partial charge is 0.270 e. The highest BCUT2D eigenvalue weighted by Gasteiger charge is 2.23. The maximum atomic E-state index is 12.3. The van der Waals surface area contributed by atoms with Crippen LogP contribution in [0.1, 0.15) is 72.2 Å². The van der Waals surface area contributed by atoms with Gasteiger partial charge in [-0.1, -0.05) is 19.3 Å². The van der Waals surface area contributed by atoms with Crippen LogP contribution in [-0.2, 0) is 6.54 Å². The molecule has 0 aromatic carbocycles. The lowest BCUT2D eigenvalue weighted by molar-refractivity contribution is 0.0925. The molecule has 4 rings (SSSR count). The number of nitrogens with zero attached hydrogens (tertiary/aromatic N) is 4. The van der Waals surface area contributed by atoms with Gasteiger partial charge in [0.2, 0.25) is 0 Å². The molecule has 0 radical (unpaired) electrons. The Bertz CT molecular complexity index is 779. The van der Waals surface area contributed by atoms with E-state index in [2.05, 4.69) is 24.8 Å². The molecule has 2 fully saturated rings. The third-order valence-electron chi connectivity index (χ3n) is 6.11. The van der Waals surface area contributed by atoms with Crippen LogP contribution in [0.15, 0.2) is 17.9 Å². The average molecular weight is 402 g/mol. The van der Waals surface area contributed by atoms with Crippen molar-refractivity contribution in [1.82, 2.24) is 24.8 Å². The highest BCUT2D eigenvalue weighted by Crippen LogP contribution is 2.29. The van der Waals surface area contributed by atoms with E-state index in [1.165, 1.54) is 62.0 Å². The molecule has 0 spiro atoms. The van der Waals surface area contributed by atoms with Gasteiger partial charge in [-0.05, 0) is 45.1 Å².